The first kappa shape index (κ1) is 9.70. The third kappa shape index (κ3) is 3.41. The largest absolute Gasteiger partial charge is 0.370 e. The summed E-state index contributed by atoms with van der Waals surface area (Å²) in [6.45, 7) is 3.66. The number of nitrogens with one attached hydrogen (secondary N) is 1. The van der Waals surface area contributed by atoms with Crippen molar-refractivity contribution in [1.82, 2.24) is 5.01 Å². The fourth-order valence-corrected chi connectivity index (χ4v) is 0.425. The standard InChI is InChI=1S/C5H14N6/c1-3(2)11(9)5(8)10-4(6)7/h3H,9H2,1-2H3,(H5,6,7,8,10). The maximum absolute atomic E-state index is 7.21. The Kier molecular flexibility index (Phi) is 3.32. The van der Waals surface area contributed by atoms with Crippen molar-refractivity contribution in [3.05, 3.63) is 0 Å². The maximum atomic E-state index is 7.21. The van der Waals surface area contributed by atoms with Crippen molar-refractivity contribution in [1.29, 1.82) is 5.41 Å². The predicted molar refractivity (Wildman–Crippen MR) is 44.7 cm³/mol. The molecule has 0 aliphatic rings. The van der Waals surface area contributed by atoms with Gasteiger partial charge in [0.2, 0.25) is 5.96 Å². The molecule has 64 valence electrons. The molecule has 0 aromatic carbocycles. The van der Waals surface area contributed by atoms with E-state index >= 15 is 0 Å². The molecule has 7 N–H and O–H groups in total. The number of nitrogens with two attached hydrogens (primary N) is 3. The Bertz CT molecular complexity index is 168. The van der Waals surface area contributed by atoms with Crippen LogP contribution in [0.5, 0.6) is 0 Å². The molecule has 11 heavy (non-hydrogen) atoms. The summed E-state index contributed by atoms with van der Waals surface area (Å²) in [4.78, 5) is 3.46. The number of aliphatic imine (C=N–C) groups is 1. The second kappa shape index (κ2) is 3.77. The third-order valence-electron chi connectivity index (χ3n) is 1.04. The third-order valence-corrected chi connectivity index (χ3v) is 1.04. The van der Waals surface area contributed by atoms with E-state index in [2.05, 4.69) is 4.99 Å². The molecular weight excluding hydrogens is 144 g/mol. The van der Waals surface area contributed by atoms with Crippen LogP contribution in [0.1, 0.15) is 13.8 Å². The van der Waals surface area contributed by atoms with Gasteiger partial charge >= 0.3 is 0 Å². The molecule has 0 rings (SSSR count). The average Bonchev–Trinajstić information content (AvgIpc) is 1.84. The minimum Gasteiger partial charge on any atom is -0.370 e. The zero-order valence-corrected chi connectivity index (χ0v) is 6.70. The Morgan fingerprint density at radius 3 is 2.18 bits per heavy atom. The molecule has 0 bridgehead atoms. The summed E-state index contributed by atoms with van der Waals surface area (Å²) < 4.78 is 0. The Hall–Kier alpha value is -1.30. The molecule has 0 heterocycles. The zero-order chi connectivity index (χ0) is 9.02. The fourth-order valence-electron chi connectivity index (χ4n) is 0.425. The van der Waals surface area contributed by atoms with Crippen LogP contribution in [0.15, 0.2) is 4.99 Å². The highest BCUT2D eigenvalue weighted by Gasteiger charge is 2.06. The average molecular weight is 158 g/mol. The molecule has 0 aromatic heterocycles. The Morgan fingerprint density at radius 2 is 1.91 bits per heavy atom. The Morgan fingerprint density at radius 1 is 1.45 bits per heavy atom. The first-order chi connectivity index (χ1) is 4.95. The van der Waals surface area contributed by atoms with E-state index in [4.69, 9.17) is 22.7 Å². The van der Waals surface area contributed by atoms with Crippen LogP contribution in [0.3, 0.4) is 0 Å². The first-order valence-electron chi connectivity index (χ1n) is 3.17. The molecular formula is C5H14N6. The molecule has 0 saturated heterocycles. The Balaban J connectivity index is 4.15. The van der Waals surface area contributed by atoms with E-state index in [0.29, 0.717) is 0 Å². The van der Waals surface area contributed by atoms with Crippen LogP contribution in [0.2, 0.25) is 0 Å². The summed E-state index contributed by atoms with van der Waals surface area (Å²) in [5.41, 5.74) is 10.1. The summed E-state index contributed by atoms with van der Waals surface area (Å²) in [5.74, 6) is 5.10. The highest BCUT2D eigenvalue weighted by Crippen LogP contribution is 1.91. The summed E-state index contributed by atoms with van der Waals surface area (Å²) in [6.07, 6.45) is 0. The fraction of sp³-hybridized carbons (Fsp3) is 0.600. The lowest BCUT2D eigenvalue weighted by Crippen LogP contribution is -2.42. The molecule has 6 heteroatoms. The second-order valence-corrected chi connectivity index (χ2v) is 2.36. The van der Waals surface area contributed by atoms with Crippen LogP contribution in [0.25, 0.3) is 0 Å². The monoisotopic (exact) mass is 158 g/mol. The number of rotatable bonds is 1. The lowest BCUT2D eigenvalue weighted by atomic mass is 10.4. The molecule has 0 saturated carbocycles. The molecule has 0 atom stereocenters. The van der Waals surface area contributed by atoms with Gasteiger partial charge in [-0.3, -0.25) is 10.4 Å². The number of hydrogen-bond acceptors (Lipinski definition) is 2. The molecule has 0 aliphatic carbocycles. The van der Waals surface area contributed by atoms with Crippen molar-refractivity contribution in [3.8, 4) is 0 Å². The van der Waals surface area contributed by atoms with Gasteiger partial charge in [-0.15, -0.1) is 0 Å². The minimum absolute atomic E-state index is 0.00519. The van der Waals surface area contributed by atoms with E-state index in [1.54, 1.807) is 0 Å². The minimum atomic E-state index is -0.161. The van der Waals surface area contributed by atoms with Gasteiger partial charge in [0.1, 0.15) is 0 Å². The van der Waals surface area contributed by atoms with E-state index in [-0.39, 0.29) is 18.0 Å². The van der Waals surface area contributed by atoms with Crippen molar-refractivity contribution in [3.63, 3.8) is 0 Å². The van der Waals surface area contributed by atoms with Gasteiger partial charge in [0.25, 0.3) is 0 Å². The van der Waals surface area contributed by atoms with Crippen LogP contribution < -0.4 is 17.3 Å². The second-order valence-electron chi connectivity index (χ2n) is 2.36. The van der Waals surface area contributed by atoms with Gasteiger partial charge in [-0.2, -0.15) is 4.99 Å². The number of guanidine groups is 2. The molecule has 0 unspecified atom stereocenters. The summed E-state index contributed by atoms with van der Waals surface area (Å²) in [5, 5.41) is 8.38. The molecule has 0 aromatic rings. The normalized spacial score (nSPS) is 9.45. The molecule has 0 aliphatic heterocycles. The first-order valence-corrected chi connectivity index (χ1v) is 3.17. The predicted octanol–water partition coefficient (Wildman–Crippen LogP) is -1.22. The molecule has 0 radical (unpaired) electrons. The van der Waals surface area contributed by atoms with E-state index in [1.807, 2.05) is 13.8 Å². The van der Waals surface area contributed by atoms with Crippen LogP contribution in [-0.4, -0.2) is 23.0 Å². The van der Waals surface area contributed by atoms with E-state index in [1.165, 1.54) is 5.01 Å². The van der Waals surface area contributed by atoms with Gasteiger partial charge in [0.05, 0.1) is 0 Å². The topological polar surface area (TPSA) is 118 Å². The molecule has 0 amide bonds. The smallest absolute Gasteiger partial charge is 0.235 e. The SMILES string of the molecule is CC(C)N(N)C(=N)N=C(N)N. The van der Waals surface area contributed by atoms with Crippen molar-refractivity contribution in [2.45, 2.75) is 19.9 Å². The summed E-state index contributed by atoms with van der Waals surface area (Å²) in [6, 6.07) is 0.00519. The van der Waals surface area contributed by atoms with Gasteiger partial charge in [-0.25, -0.2) is 5.84 Å². The van der Waals surface area contributed by atoms with Gasteiger partial charge < -0.3 is 11.5 Å². The number of hydrogen-bond donors (Lipinski definition) is 4. The lowest BCUT2D eigenvalue weighted by molar-refractivity contribution is 0.357. The lowest BCUT2D eigenvalue weighted by Gasteiger charge is -2.19. The molecule has 0 fully saturated rings. The van der Waals surface area contributed by atoms with Gasteiger partial charge in [0, 0.05) is 6.04 Å². The summed E-state index contributed by atoms with van der Waals surface area (Å²) in [7, 11) is 0. The molecule has 6 nitrogen and oxygen atoms in total. The quantitative estimate of drug-likeness (QED) is 0.165. The zero-order valence-electron chi connectivity index (χ0n) is 6.70. The van der Waals surface area contributed by atoms with Crippen molar-refractivity contribution in [2.75, 3.05) is 0 Å². The number of hydrazine groups is 1. The van der Waals surface area contributed by atoms with E-state index in [9.17, 15) is 0 Å². The van der Waals surface area contributed by atoms with Crippen molar-refractivity contribution < 1.29 is 0 Å². The van der Waals surface area contributed by atoms with E-state index in [0.717, 1.165) is 0 Å². The van der Waals surface area contributed by atoms with Crippen molar-refractivity contribution >= 4 is 11.9 Å². The van der Waals surface area contributed by atoms with Crippen molar-refractivity contribution in [2.24, 2.45) is 22.3 Å². The van der Waals surface area contributed by atoms with Gasteiger partial charge in [0.15, 0.2) is 5.96 Å². The van der Waals surface area contributed by atoms with Crippen LogP contribution in [0, 0.1) is 5.41 Å². The van der Waals surface area contributed by atoms with E-state index < -0.39 is 0 Å². The summed E-state index contributed by atoms with van der Waals surface area (Å²) >= 11 is 0. The van der Waals surface area contributed by atoms with Gasteiger partial charge in [-0.1, -0.05) is 0 Å². The highest BCUT2D eigenvalue weighted by atomic mass is 15.5. The van der Waals surface area contributed by atoms with Crippen LogP contribution in [0.4, 0.5) is 0 Å². The maximum Gasteiger partial charge on any atom is 0.235 e. The Labute approximate surface area is 65.5 Å². The highest BCUT2D eigenvalue weighted by molar-refractivity contribution is 5.91. The van der Waals surface area contributed by atoms with Crippen LogP contribution >= 0.6 is 0 Å². The molecule has 0 spiro atoms. The van der Waals surface area contributed by atoms with Crippen LogP contribution in [-0.2, 0) is 0 Å². The van der Waals surface area contributed by atoms with Gasteiger partial charge in [-0.05, 0) is 13.8 Å². The number of nitrogens with zero attached hydrogens (tertiary/aromatic N) is 2.